The van der Waals surface area contributed by atoms with E-state index < -0.39 is 11.9 Å². The Kier molecular flexibility index (Phi) is 7.59. The number of likely N-dealkylation sites (N-methyl/N-ethyl adjacent to an activating group) is 1. The van der Waals surface area contributed by atoms with E-state index in [1.54, 1.807) is 0 Å². The Labute approximate surface area is 161 Å². The number of nitrogens with zero attached hydrogens (tertiary/aromatic N) is 3. The molecule has 1 aromatic heterocycles. The third-order valence-corrected chi connectivity index (χ3v) is 5.25. The summed E-state index contributed by atoms with van der Waals surface area (Å²) in [5, 5.41) is 15.6. The van der Waals surface area contributed by atoms with Gasteiger partial charge in [-0.25, -0.2) is 9.59 Å². The predicted octanol–water partition coefficient (Wildman–Crippen LogP) is 2.62. The maximum absolute atomic E-state index is 9.55. The van der Waals surface area contributed by atoms with Gasteiger partial charge in [0.05, 0.1) is 11.9 Å². The minimum Gasteiger partial charge on any atom is -0.478 e. The number of hydrogen-bond acceptors (Lipinski definition) is 5. The molecule has 0 amide bonds. The van der Waals surface area contributed by atoms with E-state index in [-0.39, 0.29) is 0 Å². The van der Waals surface area contributed by atoms with Gasteiger partial charge in [0.1, 0.15) is 0 Å². The number of pyridine rings is 1. The standard InChI is InChI=1S/C14H20BrN3.C4H4O4/c1-17-12-3-2-4-13(17)10-18(6-5-12)14-7-11(15)8-16-9-14;5-3(6)1-2-4(7)8/h7-9,12-13H,2-6,10H2,1H3;1-2H,(H,5,6)(H,7,8)/b;2-1+. The van der Waals surface area contributed by atoms with Crippen LogP contribution in [0, 0.1) is 0 Å². The lowest BCUT2D eigenvalue weighted by atomic mass is 9.96. The molecule has 3 heterocycles. The smallest absolute Gasteiger partial charge is 0.328 e. The van der Waals surface area contributed by atoms with Crippen LogP contribution in [-0.4, -0.2) is 64.3 Å². The molecule has 0 spiro atoms. The molecule has 2 unspecified atom stereocenters. The Morgan fingerprint density at radius 3 is 2.42 bits per heavy atom. The van der Waals surface area contributed by atoms with E-state index in [4.69, 9.17) is 10.2 Å². The first-order valence-electron chi connectivity index (χ1n) is 8.58. The van der Waals surface area contributed by atoms with E-state index in [1.165, 1.54) is 31.4 Å². The lowest BCUT2D eigenvalue weighted by molar-refractivity contribution is -0.134. The maximum Gasteiger partial charge on any atom is 0.328 e. The molecule has 0 aromatic carbocycles. The third kappa shape index (κ3) is 6.10. The van der Waals surface area contributed by atoms with E-state index in [0.717, 1.165) is 23.6 Å². The van der Waals surface area contributed by atoms with Crippen molar-refractivity contribution in [1.29, 1.82) is 0 Å². The fourth-order valence-corrected chi connectivity index (χ4v) is 3.82. The van der Waals surface area contributed by atoms with Crippen molar-refractivity contribution in [2.45, 2.75) is 37.8 Å². The molecule has 1 aromatic rings. The highest BCUT2D eigenvalue weighted by molar-refractivity contribution is 9.10. The molecule has 3 rings (SSSR count). The van der Waals surface area contributed by atoms with Crippen molar-refractivity contribution >= 4 is 33.6 Å². The predicted molar refractivity (Wildman–Crippen MR) is 102 cm³/mol. The van der Waals surface area contributed by atoms with Gasteiger partial charge in [-0.05, 0) is 48.3 Å². The van der Waals surface area contributed by atoms with E-state index in [0.29, 0.717) is 18.2 Å². The molecule has 2 N–H and O–H groups in total. The van der Waals surface area contributed by atoms with Crippen LogP contribution >= 0.6 is 15.9 Å². The molecule has 8 heteroatoms. The van der Waals surface area contributed by atoms with E-state index in [2.05, 4.69) is 43.8 Å². The minimum atomic E-state index is -1.26. The molecule has 2 fully saturated rings. The summed E-state index contributed by atoms with van der Waals surface area (Å²) in [6.07, 6.45) is 10.3. The monoisotopic (exact) mass is 425 g/mol. The van der Waals surface area contributed by atoms with Gasteiger partial charge in [0.25, 0.3) is 0 Å². The van der Waals surface area contributed by atoms with Gasteiger partial charge in [0.15, 0.2) is 0 Å². The number of aromatic nitrogens is 1. The first-order valence-corrected chi connectivity index (χ1v) is 9.37. The van der Waals surface area contributed by atoms with Crippen molar-refractivity contribution in [2.75, 3.05) is 25.0 Å². The number of aliphatic carboxylic acids is 2. The van der Waals surface area contributed by atoms with Crippen molar-refractivity contribution in [3.63, 3.8) is 0 Å². The van der Waals surface area contributed by atoms with E-state index in [9.17, 15) is 9.59 Å². The zero-order valence-electron chi connectivity index (χ0n) is 14.7. The van der Waals surface area contributed by atoms with Crippen molar-refractivity contribution in [1.82, 2.24) is 9.88 Å². The second-order valence-electron chi connectivity index (χ2n) is 6.51. The average Bonchev–Trinajstić information content (AvgIpc) is 2.68. The van der Waals surface area contributed by atoms with Crippen LogP contribution < -0.4 is 4.90 Å². The van der Waals surface area contributed by atoms with Crippen LogP contribution in [0.4, 0.5) is 5.69 Å². The maximum atomic E-state index is 9.55. The van der Waals surface area contributed by atoms with Crippen molar-refractivity contribution in [3.8, 4) is 0 Å². The molecule has 142 valence electrons. The first kappa shape index (κ1) is 20.4. The Morgan fingerprint density at radius 1 is 1.15 bits per heavy atom. The fourth-order valence-electron chi connectivity index (χ4n) is 3.46. The number of hydrogen-bond donors (Lipinski definition) is 2. The molecule has 2 saturated heterocycles. The summed E-state index contributed by atoms with van der Waals surface area (Å²) in [7, 11) is 2.30. The molecule has 0 aliphatic carbocycles. The number of rotatable bonds is 3. The van der Waals surface area contributed by atoms with Gasteiger partial charge in [0.2, 0.25) is 0 Å². The summed E-state index contributed by atoms with van der Waals surface area (Å²) in [6, 6.07) is 3.68. The molecule has 0 radical (unpaired) electrons. The summed E-state index contributed by atoms with van der Waals surface area (Å²) >= 11 is 3.52. The zero-order valence-corrected chi connectivity index (χ0v) is 16.3. The summed E-state index contributed by atoms with van der Waals surface area (Å²) in [6.45, 7) is 2.30. The van der Waals surface area contributed by atoms with Gasteiger partial charge < -0.3 is 15.1 Å². The number of carbonyl (C=O) groups is 2. The Balaban J connectivity index is 0.000000260. The van der Waals surface area contributed by atoms with Crippen molar-refractivity contribution in [2.24, 2.45) is 0 Å². The van der Waals surface area contributed by atoms with Crippen LogP contribution in [0.2, 0.25) is 0 Å². The lowest BCUT2D eigenvalue weighted by Gasteiger charge is -2.37. The molecule has 0 saturated carbocycles. The van der Waals surface area contributed by atoms with Gasteiger partial charge in [-0.15, -0.1) is 0 Å². The molecule has 2 aliphatic rings. The highest BCUT2D eigenvalue weighted by Crippen LogP contribution is 2.29. The minimum absolute atomic E-state index is 0.558. The Bertz CT molecular complexity index is 652. The zero-order chi connectivity index (χ0) is 19.1. The molecule has 2 atom stereocenters. The average molecular weight is 426 g/mol. The third-order valence-electron chi connectivity index (χ3n) is 4.81. The van der Waals surface area contributed by atoms with Crippen molar-refractivity contribution in [3.05, 3.63) is 35.1 Å². The van der Waals surface area contributed by atoms with Gasteiger partial charge in [-0.2, -0.15) is 0 Å². The molecule has 7 nitrogen and oxygen atoms in total. The number of halogens is 1. The highest BCUT2D eigenvalue weighted by atomic mass is 79.9. The second kappa shape index (κ2) is 9.68. The summed E-state index contributed by atoms with van der Waals surface area (Å²) in [4.78, 5) is 28.5. The number of carboxylic acids is 2. The Morgan fingerprint density at radius 2 is 1.81 bits per heavy atom. The van der Waals surface area contributed by atoms with Gasteiger partial charge in [-0.3, -0.25) is 9.88 Å². The van der Waals surface area contributed by atoms with Crippen LogP contribution in [0.3, 0.4) is 0 Å². The SMILES string of the molecule is CN1C2CCCC1CN(c1cncc(Br)c1)CC2.O=C(O)/C=C/C(=O)O. The lowest BCUT2D eigenvalue weighted by Crippen LogP contribution is -2.45. The number of fused-ring (bicyclic) bond motifs is 2. The number of piperidine rings is 1. The van der Waals surface area contributed by atoms with Crippen LogP contribution in [0.1, 0.15) is 25.7 Å². The first-order chi connectivity index (χ1) is 12.4. The topological polar surface area (TPSA) is 94.0 Å². The molecular formula is C18H24BrN3O4. The molecule has 2 aliphatic heterocycles. The van der Waals surface area contributed by atoms with Crippen LogP contribution in [0.15, 0.2) is 35.1 Å². The number of carboxylic acid groups (broad SMARTS) is 2. The second-order valence-corrected chi connectivity index (χ2v) is 7.43. The number of anilines is 1. The molecular weight excluding hydrogens is 402 g/mol. The fraction of sp³-hybridized carbons (Fsp3) is 0.500. The quantitative estimate of drug-likeness (QED) is 0.718. The van der Waals surface area contributed by atoms with Gasteiger partial charge >= 0.3 is 11.9 Å². The molecule has 26 heavy (non-hydrogen) atoms. The van der Waals surface area contributed by atoms with E-state index in [1.807, 2.05) is 12.4 Å². The van der Waals surface area contributed by atoms with Crippen LogP contribution in [-0.2, 0) is 9.59 Å². The van der Waals surface area contributed by atoms with Gasteiger partial charge in [-0.1, -0.05) is 6.42 Å². The normalized spacial score (nSPS) is 23.1. The van der Waals surface area contributed by atoms with Crippen LogP contribution in [0.5, 0.6) is 0 Å². The summed E-state index contributed by atoms with van der Waals surface area (Å²) < 4.78 is 1.07. The van der Waals surface area contributed by atoms with Gasteiger partial charge in [0, 0.05) is 48.0 Å². The summed E-state index contributed by atoms with van der Waals surface area (Å²) in [5.74, 6) is -2.51. The molecule has 2 bridgehead atoms. The Hall–Kier alpha value is -1.93. The van der Waals surface area contributed by atoms with Crippen molar-refractivity contribution < 1.29 is 19.8 Å². The highest BCUT2D eigenvalue weighted by Gasteiger charge is 2.32. The summed E-state index contributed by atoms with van der Waals surface area (Å²) in [5.41, 5.74) is 1.25. The van der Waals surface area contributed by atoms with Crippen LogP contribution in [0.25, 0.3) is 0 Å². The largest absolute Gasteiger partial charge is 0.478 e. The van der Waals surface area contributed by atoms with E-state index >= 15 is 0 Å².